The zero-order valence-corrected chi connectivity index (χ0v) is 14.7. The summed E-state index contributed by atoms with van der Waals surface area (Å²) in [7, 11) is 0. The maximum absolute atomic E-state index is 12.7. The zero-order chi connectivity index (χ0) is 19.1. The van der Waals surface area contributed by atoms with Gasteiger partial charge in [0.25, 0.3) is 5.91 Å². The van der Waals surface area contributed by atoms with Crippen molar-refractivity contribution in [1.29, 1.82) is 5.26 Å². The summed E-state index contributed by atoms with van der Waals surface area (Å²) < 4.78 is 5.67. The number of para-hydroxylation sites is 1. The Morgan fingerprint density at radius 2 is 1.78 bits per heavy atom. The molecule has 5 nitrogen and oxygen atoms in total. The molecule has 0 unspecified atom stereocenters. The van der Waals surface area contributed by atoms with Crippen LogP contribution in [0.5, 0.6) is 5.75 Å². The van der Waals surface area contributed by atoms with Crippen molar-refractivity contribution in [3.8, 4) is 11.8 Å². The Hall–Kier alpha value is -3.65. The summed E-state index contributed by atoms with van der Waals surface area (Å²) in [6.07, 6.45) is 0.961. The van der Waals surface area contributed by atoms with Crippen LogP contribution < -0.4 is 9.64 Å². The van der Waals surface area contributed by atoms with Gasteiger partial charge in [-0.05, 0) is 29.0 Å². The first-order valence-corrected chi connectivity index (χ1v) is 8.56. The summed E-state index contributed by atoms with van der Waals surface area (Å²) in [5.74, 6) is 0.0896. The molecule has 0 aliphatic heterocycles. The molecule has 0 atom stereocenters. The van der Waals surface area contributed by atoms with E-state index in [1.54, 1.807) is 6.07 Å². The molecule has 0 bridgehead atoms. The Morgan fingerprint density at radius 1 is 1.04 bits per heavy atom. The van der Waals surface area contributed by atoms with Crippen LogP contribution in [0, 0.1) is 11.3 Å². The highest BCUT2D eigenvalue weighted by atomic mass is 16.5. The molecule has 3 aromatic carbocycles. The van der Waals surface area contributed by atoms with Gasteiger partial charge in [-0.15, -0.1) is 0 Å². The van der Waals surface area contributed by atoms with Crippen LogP contribution in [0.15, 0.2) is 66.7 Å². The summed E-state index contributed by atoms with van der Waals surface area (Å²) in [4.78, 5) is 25.8. The first kappa shape index (κ1) is 18.2. The molecule has 3 rings (SSSR count). The summed E-state index contributed by atoms with van der Waals surface area (Å²) in [5.41, 5.74) is 1.12. The molecule has 27 heavy (non-hydrogen) atoms. The van der Waals surface area contributed by atoms with Gasteiger partial charge < -0.3 is 9.64 Å². The quantitative estimate of drug-likeness (QED) is 0.599. The van der Waals surface area contributed by atoms with E-state index < -0.39 is 0 Å². The van der Waals surface area contributed by atoms with E-state index in [2.05, 4.69) is 6.07 Å². The average Bonchev–Trinajstić information content (AvgIpc) is 2.72. The molecule has 0 saturated heterocycles. The van der Waals surface area contributed by atoms with Crippen molar-refractivity contribution in [2.75, 3.05) is 18.1 Å². The largest absolute Gasteiger partial charge is 0.483 e. The number of amides is 1. The molecule has 5 heteroatoms. The minimum Gasteiger partial charge on any atom is -0.483 e. The van der Waals surface area contributed by atoms with Gasteiger partial charge in [-0.3, -0.25) is 9.59 Å². The molecule has 1 amide bonds. The monoisotopic (exact) mass is 358 g/mol. The van der Waals surface area contributed by atoms with E-state index in [1.165, 1.54) is 4.90 Å². The second-order valence-electron chi connectivity index (χ2n) is 5.89. The zero-order valence-electron chi connectivity index (χ0n) is 14.7. The molecule has 0 N–H and O–H groups in total. The van der Waals surface area contributed by atoms with Crippen LogP contribution in [0.3, 0.4) is 0 Å². The van der Waals surface area contributed by atoms with E-state index in [1.807, 2.05) is 60.7 Å². The molecule has 0 fully saturated rings. The summed E-state index contributed by atoms with van der Waals surface area (Å²) in [6, 6.07) is 22.2. The number of nitriles is 1. The molecule has 0 aliphatic rings. The van der Waals surface area contributed by atoms with Gasteiger partial charge in [-0.25, -0.2) is 0 Å². The van der Waals surface area contributed by atoms with Crippen LogP contribution in [-0.2, 0) is 4.79 Å². The predicted molar refractivity (Wildman–Crippen MR) is 104 cm³/mol. The summed E-state index contributed by atoms with van der Waals surface area (Å²) in [6.45, 7) is 0.0560. The smallest absolute Gasteiger partial charge is 0.264 e. The van der Waals surface area contributed by atoms with Crippen molar-refractivity contribution in [1.82, 2.24) is 0 Å². The highest BCUT2D eigenvalue weighted by Crippen LogP contribution is 2.26. The van der Waals surface area contributed by atoms with Crippen molar-refractivity contribution in [2.45, 2.75) is 6.42 Å². The maximum atomic E-state index is 12.7. The third-order valence-corrected chi connectivity index (χ3v) is 4.22. The second-order valence-corrected chi connectivity index (χ2v) is 5.89. The number of hydrogen-bond acceptors (Lipinski definition) is 4. The first-order chi connectivity index (χ1) is 13.2. The molecule has 0 aliphatic carbocycles. The second kappa shape index (κ2) is 8.63. The van der Waals surface area contributed by atoms with E-state index >= 15 is 0 Å². The van der Waals surface area contributed by atoms with Crippen LogP contribution in [0.1, 0.15) is 16.8 Å². The molecule has 0 heterocycles. The summed E-state index contributed by atoms with van der Waals surface area (Å²) >= 11 is 0. The first-order valence-electron chi connectivity index (χ1n) is 8.56. The minimum absolute atomic E-state index is 0.218. The number of rotatable bonds is 7. The number of ether oxygens (including phenoxy) is 1. The molecule has 0 aromatic heterocycles. The topological polar surface area (TPSA) is 70.4 Å². The SMILES string of the molecule is N#CCCN(C(=O)COc1ccc2ccccc2c1C=O)c1ccccc1. The average molecular weight is 358 g/mol. The number of hydrogen-bond donors (Lipinski definition) is 0. The Labute approximate surface area is 157 Å². The van der Waals surface area contributed by atoms with Crippen molar-refractivity contribution in [2.24, 2.45) is 0 Å². The van der Waals surface area contributed by atoms with Gasteiger partial charge in [0.2, 0.25) is 0 Å². The molecule has 3 aromatic rings. The van der Waals surface area contributed by atoms with Gasteiger partial charge in [-0.1, -0.05) is 48.5 Å². The predicted octanol–water partition coefficient (Wildman–Crippen LogP) is 3.98. The Morgan fingerprint density at radius 3 is 2.52 bits per heavy atom. The van der Waals surface area contributed by atoms with Crippen LogP contribution in [0.25, 0.3) is 10.8 Å². The van der Waals surface area contributed by atoms with Crippen molar-refractivity contribution >= 4 is 28.7 Å². The van der Waals surface area contributed by atoms with Gasteiger partial charge in [0.15, 0.2) is 12.9 Å². The van der Waals surface area contributed by atoms with Crippen molar-refractivity contribution in [3.05, 3.63) is 72.3 Å². The molecule has 134 valence electrons. The fraction of sp³-hybridized carbons (Fsp3) is 0.136. The molecule has 0 saturated carbocycles. The van der Waals surface area contributed by atoms with Gasteiger partial charge in [0.1, 0.15) is 5.75 Å². The van der Waals surface area contributed by atoms with E-state index in [0.717, 1.165) is 17.1 Å². The van der Waals surface area contributed by atoms with E-state index in [9.17, 15) is 9.59 Å². The van der Waals surface area contributed by atoms with Gasteiger partial charge in [0, 0.05) is 12.2 Å². The Bertz CT molecular complexity index is 993. The lowest BCUT2D eigenvalue weighted by atomic mass is 10.0. The number of nitrogens with zero attached hydrogens (tertiary/aromatic N) is 2. The fourth-order valence-corrected chi connectivity index (χ4v) is 2.91. The lowest BCUT2D eigenvalue weighted by Crippen LogP contribution is -2.35. The highest BCUT2D eigenvalue weighted by molar-refractivity contribution is 6.01. The summed E-state index contributed by atoms with van der Waals surface area (Å²) in [5, 5.41) is 10.6. The van der Waals surface area contributed by atoms with E-state index in [4.69, 9.17) is 10.00 Å². The number of fused-ring (bicyclic) bond motifs is 1. The number of carbonyl (C=O) groups excluding carboxylic acids is 2. The molecular formula is C22H18N2O3. The van der Waals surface area contributed by atoms with Gasteiger partial charge in [0.05, 0.1) is 18.1 Å². The van der Waals surface area contributed by atoms with Crippen molar-refractivity contribution < 1.29 is 14.3 Å². The third-order valence-electron chi connectivity index (χ3n) is 4.22. The number of anilines is 1. The molecule has 0 radical (unpaired) electrons. The molecule has 0 spiro atoms. The van der Waals surface area contributed by atoms with Crippen LogP contribution >= 0.6 is 0 Å². The van der Waals surface area contributed by atoms with Crippen LogP contribution in [0.4, 0.5) is 5.69 Å². The normalized spacial score (nSPS) is 10.2. The highest BCUT2D eigenvalue weighted by Gasteiger charge is 2.17. The van der Waals surface area contributed by atoms with E-state index in [0.29, 0.717) is 17.0 Å². The maximum Gasteiger partial charge on any atom is 0.264 e. The van der Waals surface area contributed by atoms with Gasteiger partial charge in [-0.2, -0.15) is 5.26 Å². The number of carbonyl (C=O) groups is 2. The molecular weight excluding hydrogens is 340 g/mol. The third kappa shape index (κ3) is 4.13. The number of benzene rings is 3. The Balaban J connectivity index is 1.80. The lowest BCUT2D eigenvalue weighted by molar-refractivity contribution is -0.120. The van der Waals surface area contributed by atoms with Crippen LogP contribution in [0.2, 0.25) is 0 Å². The van der Waals surface area contributed by atoms with E-state index in [-0.39, 0.29) is 25.5 Å². The standard InChI is InChI=1S/C22H18N2O3/c23-13-6-14-24(18-8-2-1-3-9-18)22(26)16-27-21-12-11-17-7-4-5-10-19(17)20(21)15-25/h1-5,7-12,15H,6,14,16H2. The van der Waals surface area contributed by atoms with Crippen LogP contribution in [-0.4, -0.2) is 25.3 Å². The minimum atomic E-state index is -0.276. The lowest BCUT2D eigenvalue weighted by Gasteiger charge is -2.22. The van der Waals surface area contributed by atoms with Crippen molar-refractivity contribution in [3.63, 3.8) is 0 Å². The van der Waals surface area contributed by atoms with Gasteiger partial charge >= 0.3 is 0 Å². The Kier molecular flexibility index (Phi) is 5.80. The number of aldehydes is 1. The fourth-order valence-electron chi connectivity index (χ4n) is 2.91.